The van der Waals surface area contributed by atoms with E-state index in [0.717, 1.165) is 0 Å². The van der Waals surface area contributed by atoms with E-state index in [-0.39, 0.29) is 11.8 Å². The van der Waals surface area contributed by atoms with Crippen molar-refractivity contribution in [2.24, 2.45) is 0 Å². The van der Waals surface area contributed by atoms with E-state index in [1.54, 1.807) is 0 Å². The summed E-state index contributed by atoms with van der Waals surface area (Å²) in [6.45, 7) is 37.7. The van der Waals surface area contributed by atoms with Crippen LogP contribution < -0.4 is 0 Å². The molecule has 452 valence electrons. The second kappa shape index (κ2) is 22.0. The van der Waals surface area contributed by atoms with Crippen LogP contribution in [0.2, 0.25) is 0 Å². The summed E-state index contributed by atoms with van der Waals surface area (Å²) >= 11 is 0. The Morgan fingerprint density at radius 2 is 0.538 bits per heavy atom. The van der Waals surface area contributed by atoms with Crippen LogP contribution in [-0.2, 0) is 0 Å². The molecule has 13 aromatic carbocycles. The first kappa shape index (κ1) is 58.6. The van der Waals surface area contributed by atoms with Crippen molar-refractivity contribution >= 4 is 92.0 Å². The molecule has 1 heteroatoms. The van der Waals surface area contributed by atoms with E-state index in [1.807, 2.05) is 0 Å². The monoisotopic (exact) mass is 1180 g/mol. The van der Waals surface area contributed by atoms with Gasteiger partial charge in [-0.2, -0.15) is 0 Å². The molecule has 91 heavy (non-hydrogen) atoms. The molecule has 0 radical (unpaired) electrons. The Kier molecular flexibility index (Phi) is 14.1. The Hall–Kier alpha value is -8.78. The summed E-state index contributed by atoms with van der Waals surface area (Å²) in [6, 6.07) is 74.9. The van der Waals surface area contributed by atoms with Gasteiger partial charge in [0.05, 0.1) is 16.6 Å². The topological polar surface area (TPSA) is 4.41 Å². The zero-order valence-corrected chi connectivity index (χ0v) is 56.5. The van der Waals surface area contributed by atoms with E-state index in [1.165, 1.54) is 192 Å². The van der Waals surface area contributed by atoms with Crippen LogP contribution in [-0.4, -0.2) is 4.40 Å². The van der Waals surface area contributed by atoms with Crippen LogP contribution in [0.5, 0.6) is 0 Å². The smallest absolute Gasteiger partial charge is 0.0620 e. The normalized spacial score (nSPS) is 12.7. The van der Waals surface area contributed by atoms with Crippen molar-refractivity contribution in [1.29, 1.82) is 0 Å². The van der Waals surface area contributed by atoms with Gasteiger partial charge < -0.3 is 4.40 Å². The SMILES string of the molecule is CC(C)c1cccc(C(C)C)c1-c1ccc2cc3c(cc2c1)c1cc(-c2cc(C(C)C)c(-c4ccc5ccc6c(-c7c(C(C)C)cccc7C(C)C)ccc7ccc4c5c76)c(C(C)C)c2)cc2c4cc5cc(-c6c(C(C)C)cccc6C(C)C)ccc5cc4n3c12. The Morgan fingerprint density at radius 1 is 0.220 bits per heavy atom. The molecule has 0 spiro atoms. The molecule has 0 bridgehead atoms. The van der Waals surface area contributed by atoms with Crippen LogP contribution in [0.25, 0.3) is 148 Å². The maximum Gasteiger partial charge on any atom is 0.0620 e. The quantitative estimate of drug-likeness (QED) is 0.101. The molecule has 0 aliphatic carbocycles. The maximum atomic E-state index is 2.61. The number of fused-ring (bicyclic) bond motifs is 8. The first-order chi connectivity index (χ1) is 43.8. The second-order valence-electron chi connectivity index (χ2n) is 29.5. The summed E-state index contributed by atoms with van der Waals surface area (Å²) in [5.41, 5.74) is 28.5. The summed E-state index contributed by atoms with van der Waals surface area (Å²) in [5, 5.41) is 18.3. The third-order valence-corrected chi connectivity index (χ3v) is 21.0. The van der Waals surface area contributed by atoms with Gasteiger partial charge in [-0.15, -0.1) is 0 Å². The zero-order chi connectivity index (χ0) is 63.3. The Bertz CT molecular complexity index is 5110. The minimum absolute atomic E-state index is 0.260. The lowest BCUT2D eigenvalue weighted by Crippen LogP contribution is -2.02. The lowest BCUT2D eigenvalue weighted by molar-refractivity contribution is 0.838. The highest BCUT2D eigenvalue weighted by molar-refractivity contribution is 6.29. The van der Waals surface area contributed by atoms with Crippen molar-refractivity contribution in [2.75, 3.05) is 0 Å². The van der Waals surface area contributed by atoms with E-state index in [0.29, 0.717) is 35.5 Å². The molecular weight excluding hydrogens is 1090 g/mol. The zero-order valence-electron chi connectivity index (χ0n) is 56.5. The molecular formula is C90H87N. The molecule has 0 aliphatic heterocycles. The fourth-order valence-corrected chi connectivity index (χ4v) is 16.5. The van der Waals surface area contributed by atoms with E-state index >= 15 is 0 Å². The van der Waals surface area contributed by atoms with Gasteiger partial charge in [-0.3, -0.25) is 0 Å². The summed E-state index contributed by atoms with van der Waals surface area (Å²) in [5.74, 6) is 2.95. The molecule has 1 nitrogen and oxygen atoms in total. The fraction of sp³-hybridized carbons (Fsp3) is 0.267. The lowest BCUT2D eigenvalue weighted by atomic mass is 9.79. The predicted molar refractivity (Wildman–Crippen MR) is 400 cm³/mol. The van der Waals surface area contributed by atoms with Crippen molar-refractivity contribution in [3.8, 4) is 55.6 Å². The number of aromatic nitrogens is 1. The van der Waals surface area contributed by atoms with Gasteiger partial charge in [0.25, 0.3) is 0 Å². The first-order valence-corrected chi connectivity index (χ1v) is 34.2. The number of rotatable bonds is 13. The molecule has 15 rings (SSSR count). The van der Waals surface area contributed by atoms with Crippen LogP contribution in [0.4, 0.5) is 0 Å². The van der Waals surface area contributed by atoms with Gasteiger partial charge in [0.2, 0.25) is 0 Å². The molecule has 0 aliphatic rings. The van der Waals surface area contributed by atoms with Crippen molar-refractivity contribution < 1.29 is 0 Å². The fourth-order valence-electron chi connectivity index (χ4n) is 16.5. The molecule has 0 unspecified atom stereocenters. The van der Waals surface area contributed by atoms with Gasteiger partial charge in [-0.25, -0.2) is 0 Å². The highest BCUT2D eigenvalue weighted by Gasteiger charge is 2.27. The largest absolute Gasteiger partial charge is 0.308 e. The van der Waals surface area contributed by atoms with E-state index in [2.05, 4.69) is 303 Å². The standard InChI is InChI=1S/C90H87N/c1-48(2)66-20-17-21-67(49(3)4)84(66)60-28-26-58-46-82-78(42-62(58)38-60)80-44-65(45-81-79-43-63-39-61(29-27-59(63)47-83(79)91(82)90(80)81)85-68(50(5)6)22-18-23-69(85)51(7)8)64-40-76(54(13)14)89(77(41-64)55(15)16)75-37-33-57-30-34-72-74(36-32-56-31-35-73(75)87(57)86(56)72)88-70(52(9)10)24-19-25-71(88)53(11)12/h17-55H,1-16H3. The Labute approximate surface area is 539 Å². The molecule has 0 atom stereocenters. The van der Waals surface area contributed by atoms with Crippen LogP contribution in [0, 0.1) is 0 Å². The van der Waals surface area contributed by atoms with Gasteiger partial charge in [0, 0.05) is 21.5 Å². The number of benzene rings is 13. The molecule has 0 N–H and O–H groups in total. The molecule has 0 saturated heterocycles. The van der Waals surface area contributed by atoms with Gasteiger partial charge in [0.15, 0.2) is 0 Å². The average molecular weight is 1180 g/mol. The van der Waals surface area contributed by atoms with Crippen molar-refractivity contribution in [3.63, 3.8) is 0 Å². The van der Waals surface area contributed by atoms with E-state index in [4.69, 9.17) is 0 Å². The number of nitrogens with zero attached hydrogens (tertiary/aromatic N) is 1. The van der Waals surface area contributed by atoms with Crippen LogP contribution in [0.15, 0.2) is 188 Å². The molecule has 15 aromatic rings. The van der Waals surface area contributed by atoms with Crippen LogP contribution in [0.3, 0.4) is 0 Å². The summed E-state index contributed by atoms with van der Waals surface area (Å²) in [4.78, 5) is 0. The van der Waals surface area contributed by atoms with Crippen LogP contribution in [0.1, 0.15) is 203 Å². The van der Waals surface area contributed by atoms with Gasteiger partial charge in [0.1, 0.15) is 0 Å². The number of hydrogen-bond donors (Lipinski definition) is 0. The third kappa shape index (κ3) is 9.21. The van der Waals surface area contributed by atoms with Crippen molar-refractivity contribution in [2.45, 2.75) is 158 Å². The van der Waals surface area contributed by atoms with Crippen molar-refractivity contribution in [3.05, 3.63) is 233 Å². The Balaban J connectivity index is 0.979. The highest BCUT2D eigenvalue weighted by Crippen LogP contribution is 2.51. The van der Waals surface area contributed by atoms with Crippen LogP contribution >= 0.6 is 0 Å². The summed E-state index contributed by atoms with van der Waals surface area (Å²) < 4.78 is 2.61. The lowest BCUT2D eigenvalue weighted by Gasteiger charge is -2.25. The van der Waals surface area contributed by atoms with Gasteiger partial charge >= 0.3 is 0 Å². The summed E-state index contributed by atoms with van der Waals surface area (Å²) in [6.07, 6.45) is 0. The molecule has 2 aromatic heterocycles. The molecule has 0 amide bonds. The predicted octanol–water partition coefficient (Wildman–Crippen LogP) is 27.4. The van der Waals surface area contributed by atoms with E-state index < -0.39 is 0 Å². The third-order valence-electron chi connectivity index (χ3n) is 21.0. The first-order valence-electron chi connectivity index (χ1n) is 34.2. The van der Waals surface area contributed by atoms with Crippen molar-refractivity contribution in [1.82, 2.24) is 4.40 Å². The molecule has 0 saturated carbocycles. The minimum atomic E-state index is 0.260. The minimum Gasteiger partial charge on any atom is -0.308 e. The summed E-state index contributed by atoms with van der Waals surface area (Å²) in [7, 11) is 0. The van der Waals surface area contributed by atoms with E-state index in [9.17, 15) is 0 Å². The second-order valence-corrected chi connectivity index (χ2v) is 29.5. The number of hydrogen-bond acceptors (Lipinski definition) is 0. The molecule has 2 heterocycles. The average Bonchev–Trinajstić information content (AvgIpc) is 1.60. The molecule has 0 fully saturated rings. The Morgan fingerprint density at radius 3 is 0.901 bits per heavy atom. The van der Waals surface area contributed by atoms with Gasteiger partial charge in [-0.05, 0) is 250 Å². The highest BCUT2D eigenvalue weighted by atomic mass is 14.9. The van der Waals surface area contributed by atoms with Gasteiger partial charge in [-0.1, -0.05) is 250 Å². The maximum absolute atomic E-state index is 2.61.